The van der Waals surface area contributed by atoms with Crippen LogP contribution in [0.25, 0.3) is 11.2 Å². The quantitative estimate of drug-likeness (QED) is 0.0279. The number of fused-ring (bicyclic) bond motifs is 1. The smallest absolute Gasteiger partial charge is 0.402 e. The van der Waals surface area contributed by atoms with Crippen molar-refractivity contribution in [3.05, 3.63) is 108 Å². The molecule has 2 aliphatic rings. The first-order valence-corrected chi connectivity index (χ1v) is 21.6. The molecule has 0 radical (unpaired) electrons. The molecule has 7 rings (SSSR count). The molecule has 5 atom stereocenters. The topological polar surface area (TPSA) is 150 Å². The highest BCUT2D eigenvalue weighted by molar-refractivity contribution is 7.44. The van der Waals surface area contributed by atoms with E-state index in [1.807, 2.05) is 66.2 Å². The molecule has 2 fully saturated rings. The van der Waals surface area contributed by atoms with Crippen molar-refractivity contribution in [2.75, 3.05) is 59.2 Å². The molecule has 0 spiro atoms. The van der Waals surface area contributed by atoms with Crippen LogP contribution in [0.3, 0.4) is 0 Å². The van der Waals surface area contributed by atoms with Gasteiger partial charge < -0.3 is 42.8 Å². The summed E-state index contributed by atoms with van der Waals surface area (Å²) < 4.78 is 134. The van der Waals surface area contributed by atoms with Crippen molar-refractivity contribution >= 4 is 31.4 Å². The minimum atomic E-state index is -5.64. The summed E-state index contributed by atoms with van der Waals surface area (Å²) >= 11 is 0. The van der Waals surface area contributed by atoms with Crippen LogP contribution in [-0.4, -0.2) is 115 Å². The van der Waals surface area contributed by atoms with Crippen LogP contribution in [0.4, 0.5) is 32.2 Å². The normalized spacial score (nSPS) is 20.8. The molecule has 2 saturated heterocycles. The first-order chi connectivity index (χ1) is 31.2. The Morgan fingerprint density at radius 1 is 0.877 bits per heavy atom. The maximum absolute atomic E-state index is 13.5. The average Bonchev–Trinajstić information content (AvgIpc) is 4.01. The van der Waals surface area contributed by atoms with E-state index in [0.717, 1.165) is 6.42 Å². The largest absolute Gasteiger partial charge is 0.497 e. The van der Waals surface area contributed by atoms with Gasteiger partial charge in [-0.15, -0.1) is 0 Å². The molecule has 3 aromatic carbocycles. The highest BCUT2D eigenvalue weighted by Gasteiger charge is 2.57. The molecule has 4 heterocycles. The lowest BCUT2D eigenvalue weighted by atomic mass is 9.80. The van der Waals surface area contributed by atoms with E-state index in [9.17, 15) is 31.1 Å². The monoisotopic (exact) mass is 936 g/mol. The number of rotatable bonds is 19. The minimum absolute atomic E-state index is 0.0720. The Kier molecular flexibility index (Phi) is 15.3. The zero-order valence-electron chi connectivity index (χ0n) is 35.6. The van der Waals surface area contributed by atoms with Gasteiger partial charge in [0.2, 0.25) is 5.91 Å². The second kappa shape index (κ2) is 20.7. The van der Waals surface area contributed by atoms with Crippen molar-refractivity contribution in [2.24, 2.45) is 5.92 Å². The number of amides is 1. The summed E-state index contributed by atoms with van der Waals surface area (Å²) in [5, 5.41) is 2.60. The summed E-state index contributed by atoms with van der Waals surface area (Å²) in [6.45, 7) is 1.66. The van der Waals surface area contributed by atoms with E-state index in [0.29, 0.717) is 47.9 Å². The van der Waals surface area contributed by atoms with Gasteiger partial charge in [-0.2, -0.15) is 26.3 Å². The molecule has 2 unspecified atom stereocenters. The third-order valence-electron chi connectivity index (χ3n) is 10.7. The van der Waals surface area contributed by atoms with E-state index >= 15 is 0 Å². The Bertz CT molecular complexity index is 2270. The Hall–Kier alpha value is -4.99. The van der Waals surface area contributed by atoms with Crippen molar-refractivity contribution in [3.63, 3.8) is 0 Å². The molecule has 1 N–H and O–H groups in total. The SMILES string of the molecule is CCCN1CCO[P@@]1OC1C(OCOCC(C(F)(F)F)C(F)(F)F)[C@H](n2cnc3c(NC(C)=O)ncnc32)O[C@@H]1COC(c1ccccc1)(c1ccc(OC)cc1)c1ccc(OC)cc1. The van der Waals surface area contributed by atoms with Crippen molar-refractivity contribution in [2.45, 2.75) is 62.8 Å². The summed E-state index contributed by atoms with van der Waals surface area (Å²) in [6.07, 6.45) is -12.9. The molecular weight excluding hydrogens is 889 g/mol. The van der Waals surface area contributed by atoms with Gasteiger partial charge in [0.05, 0.1) is 40.4 Å². The van der Waals surface area contributed by atoms with Crippen LogP contribution in [0.2, 0.25) is 0 Å². The highest BCUT2D eigenvalue weighted by atomic mass is 31.2. The zero-order valence-corrected chi connectivity index (χ0v) is 36.5. The first-order valence-electron chi connectivity index (χ1n) is 20.4. The highest BCUT2D eigenvalue weighted by Crippen LogP contribution is 2.52. The van der Waals surface area contributed by atoms with Crippen LogP contribution in [0.5, 0.6) is 11.5 Å². The summed E-state index contributed by atoms with van der Waals surface area (Å²) in [5.41, 5.74) is 1.02. The maximum Gasteiger partial charge on any atom is 0.402 e. The molecule has 22 heteroatoms. The number of hydrogen-bond donors (Lipinski definition) is 1. The molecule has 15 nitrogen and oxygen atoms in total. The zero-order chi connectivity index (χ0) is 46.4. The molecule has 2 aromatic heterocycles. The molecule has 350 valence electrons. The molecule has 5 aromatic rings. The van der Waals surface area contributed by atoms with Gasteiger partial charge in [-0.3, -0.25) is 9.36 Å². The fraction of sp³-hybridized carbons (Fsp3) is 0.442. The van der Waals surface area contributed by atoms with E-state index in [1.165, 1.54) is 24.1 Å². The Morgan fingerprint density at radius 3 is 2.09 bits per heavy atom. The van der Waals surface area contributed by atoms with Crippen LogP contribution in [0.15, 0.2) is 91.5 Å². The fourth-order valence-corrected chi connectivity index (χ4v) is 9.32. The summed E-state index contributed by atoms with van der Waals surface area (Å²) in [5.74, 6) is -2.96. The molecule has 0 aliphatic carbocycles. The number of methoxy groups -OCH3 is 2. The third-order valence-corrected chi connectivity index (χ3v) is 12.4. The maximum atomic E-state index is 13.5. The number of nitrogens with one attached hydrogen (secondary N) is 1. The number of carbonyl (C=O) groups excluding carboxylic acids is 1. The number of ether oxygens (including phenoxy) is 6. The lowest BCUT2D eigenvalue weighted by molar-refractivity contribution is -0.299. The number of alkyl halides is 6. The van der Waals surface area contributed by atoms with E-state index in [4.69, 9.17) is 37.5 Å². The van der Waals surface area contributed by atoms with Crippen LogP contribution >= 0.6 is 8.53 Å². The van der Waals surface area contributed by atoms with Gasteiger partial charge in [-0.25, -0.2) is 19.6 Å². The second-order valence-corrected chi connectivity index (χ2v) is 16.5. The van der Waals surface area contributed by atoms with E-state index in [-0.39, 0.29) is 23.6 Å². The Labute approximate surface area is 371 Å². The molecule has 1 amide bonds. The van der Waals surface area contributed by atoms with Gasteiger partial charge in [0, 0.05) is 20.0 Å². The predicted octanol–water partition coefficient (Wildman–Crippen LogP) is 8.16. The number of imidazole rings is 1. The van der Waals surface area contributed by atoms with Gasteiger partial charge in [0.15, 0.2) is 29.1 Å². The van der Waals surface area contributed by atoms with Crippen molar-refractivity contribution in [3.8, 4) is 11.5 Å². The van der Waals surface area contributed by atoms with Gasteiger partial charge in [-0.05, 0) is 47.4 Å². The van der Waals surface area contributed by atoms with Gasteiger partial charge in [0.1, 0.15) is 48.5 Å². The van der Waals surface area contributed by atoms with Crippen molar-refractivity contribution < 1.29 is 68.6 Å². The van der Waals surface area contributed by atoms with Crippen LogP contribution in [-0.2, 0) is 38.4 Å². The van der Waals surface area contributed by atoms with Crippen molar-refractivity contribution in [1.82, 2.24) is 24.2 Å². The van der Waals surface area contributed by atoms with E-state index in [2.05, 4.69) is 20.3 Å². The number of nitrogens with zero attached hydrogens (tertiary/aromatic N) is 5. The molecule has 0 bridgehead atoms. The fourth-order valence-electron chi connectivity index (χ4n) is 7.66. The molecule has 0 saturated carbocycles. The van der Waals surface area contributed by atoms with Gasteiger partial charge in [0.25, 0.3) is 8.53 Å². The lowest BCUT2D eigenvalue weighted by Crippen LogP contribution is -2.42. The first kappa shape index (κ1) is 48.0. The Morgan fingerprint density at radius 2 is 1.51 bits per heavy atom. The van der Waals surface area contributed by atoms with E-state index in [1.54, 1.807) is 38.5 Å². The number of halogens is 6. The van der Waals surface area contributed by atoms with Crippen molar-refractivity contribution in [1.29, 1.82) is 0 Å². The standard InChI is InChI=1S/C43H47F6N6O9P/c1-5-19-54-20-21-62-65(54)64-36-33(22-61-41(28-9-7-6-8-10-28,29-11-15-31(57-3)16-12-29)30-13-17-32(58-4)18-14-30)63-40(37(36)60-26-59-23-34(42(44,45)46)43(47,48)49)55-25-52-35-38(53-27(2)56)50-24-51-39(35)55/h6-18,24-25,33-34,36-37,40H,5,19-23,26H2,1-4H3,(H,50,51,53,56)/t33-,36?,37?,40-,65+/m1/s1. The summed E-state index contributed by atoms with van der Waals surface area (Å²) in [6, 6.07) is 24.0. The van der Waals surface area contributed by atoms with Gasteiger partial charge in [-0.1, -0.05) is 61.5 Å². The van der Waals surface area contributed by atoms with E-state index < -0.39 is 76.2 Å². The number of aromatic nitrogens is 4. The Balaban J connectivity index is 1.32. The molecular formula is C43H47F6N6O9P. The van der Waals surface area contributed by atoms with Crippen LogP contribution in [0.1, 0.15) is 43.2 Å². The second-order valence-electron chi connectivity index (χ2n) is 15.0. The number of hydrogen-bond acceptors (Lipinski definition) is 13. The average molecular weight is 937 g/mol. The summed E-state index contributed by atoms with van der Waals surface area (Å²) in [4.78, 5) is 25.0. The number of anilines is 1. The molecule has 65 heavy (non-hydrogen) atoms. The minimum Gasteiger partial charge on any atom is -0.497 e. The molecule has 2 aliphatic heterocycles. The van der Waals surface area contributed by atoms with Crippen LogP contribution < -0.4 is 14.8 Å². The summed E-state index contributed by atoms with van der Waals surface area (Å²) in [7, 11) is 1.31. The third kappa shape index (κ3) is 10.7. The number of carbonyl (C=O) groups is 1. The predicted molar refractivity (Wildman–Crippen MR) is 223 cm³/mol. The lowest BCUT2D eigenvalue weighted by Gasteiger charge is -2.37. The van der Waals surface area contributed by atoms with Crippen LogP contribution in [0, 0.1) is 5.92 Å². The number of benzene rings is 3. The van der Waals surface area contributed by atoms with Gasteiger partial charge >= 0.3 is 12.4 Å².